The molecule has 2 aliphatic rings. The first-order chi connectivity index (χ1) is 15.4. The second-order valence-electron chi connectivity index (χ2n) is 8.04. The zero-order valence-corrected chi connectivity index (χ0v) is 17.8. The van der Waals surface area contributed by atoms with Crippen molar-refractivity contribution >= 4 is 0 Å². The number of nitrogens with two attached hydrogens (primary N) is 1. The Balaban J connectivity index is 1.36. The van der Waals surface area contributed by atoms with Crippen molar-refractivity contribution in [2.75, 3.05) is 52.6 Å². The monoisotopic (exact) mass is 422 g/mol. The number of ether oxygens (including phenoxy) is 3. The summed E-state index contributed by atoms with van der Waals surface area (Å²) >= 11 is 0. The van der Waals surface area contributed by atoms with Crippen LogP contribution in [0.4, 0.5) is 0 Å². The molecule has 0 bridgehead atoms. The highest BCUT2D eigenvalue weighted by atomic mass is 16.6. The van der Waals surface area contributed by atoms with Crippen LogP contribution in [-0.4, -0.2) is 62.4 Å². The quantitative estimate of drug-likeness (QED) is 0.537. The van der Waals surface area contributed by atoms with Crippen LogP contribution in [0.5, 0.6) is 11.5 Å². The molecule has 1 aromatic heterocycles. The molecule has 3 aromatic rings. The van der Waals surface area contributed by atoms with E-state index in [1.54, 1.807) is 4.90 Å². The second kappa shape index (κ2) is 9.51. The van der Waals surface area contributed by atoms with Gasteiger partial charge in [-0.05, 0) is 30.3 Å². The van der Waals surface area contributed by atoms with Crippen molar-refractivity contribution in [3.8, 4) is 28.4 Å². The number of quaternary nitrogens is 2. The third-order valence-corrected chi connectivity index (χ3v) is 5.89. The van der Waals surface area contributed by atoms with Gasteiger partial charge in [-0.15, -0.1) is 0 Å². The van der Waals surface area contributed by atoms with Crippen molar-refractivity contribution in [2.24, 2.45) is 0 Å². The van der Waals surface area contributed by atoms with Crippen molar-refractivity contribution in [2.45, 2.75) is 6.54 Å². The minimum absolute atomic E-state index is 0.583. The summed E-state index contributed by atoms with van der Waals surface area (Å²) in [5.74, 6) is 1.60. The van der Waals surface area contributed by atoms with Crippen LogP contribution in [0.3, 0.4) is 0 Å². The van der Waals surface area contributed by atoms with Crippen LogP contribution in [0, 0.1) is 0 Å². The lowest BCUT2D eigenvalue weighted by Gasteiger charge is -2.22. The molecule has 3 N–H and O–H groups in total. The molecule has 0 saturated carbocycles. The topological polar surface area (TPSA) is 66.6 Å². The molecule has 3 heterocycles. The molecule has 7 nitrogen and oxygen atoms in total. The van der Waals surface area contributed by atoms with E-state index in [1.165, 1.54) is 5.56 Å². The van der Waals surface area contributed by atoms with Gasteiger partial charge in [-0.3, -0.25) is 0 Å². The van der Waals surface area contributed by atoms with E-state index in [0.29, 0.717) is 13.2 Å². The summed E-state index contributed by atoms with van der Waals surface area (Å²) in [6.45, 7) is 8.31. The zero-order valence-electron chi connectivity index (χ0n) is 17.8. The SMILES string of the molecule is c1ccc(-n2cc(C[NH2+]CC[NH+]3CCOCC3)c(-c3ccc4c(c3)OCCO4)n2)cc1. The Kier molecular flexibility index (Phi) is 6.15. The Morgan fingerprint density at radius 3 is 2.58 bits per heavy atom. The summed E-state index contributed by atoms with van der Waals surface area (Å²) in [6.07, 6.45) is 2.15. The molecular weight excluding hydrogens is 392 g/mol. The highest BCUT2D eigenvalue weighted by molar-refractivity contribution is 5.67. The molecule has 0 aliphatic carbocycles. The van der Waals surface area contributed by atoms with Gasteiger partial charge in [0.2, 0.25) is 0 Å². The number of benzene rings is 2. The number of aromatic nitrogens is 2. The molecule has 1 fully saturated rings. The Labute approximate surface area is 182 Å². The van der Waals surface area contributed by atoms with E-state index in [9.17, 15) is 0 Å². The van der Waals surface area contributed by atoms with E-state index in [4.69, 9.17) is 19.3 Å². The molecule has 2 aliphatic heterocycles. The lowest BCUT2D eigenvalue weighted by atomic mass is 10.1. The van der Waals surface area contributed by atoms with Gasteiger partial charge in [0.25, 0.3) is 0 Å². The molecule has 0 atom stereocenters. The number of hydrogen-bond acceptors (Lipinski definition) is 4. The van der Waals surface area contributed by atoms with E-state index in [1.807, 2.05) is 35.0 Å². The smallest absolute Gasteiger partial charge is 0.162 e. The van der Waals surface area contributed by atoms with Gasteiger partial charge in [-0.25, -0.2) is 4.68 Å². The number of nitrogens with zero attached hydrogens (tertiary/aromatic N) is 2. The minimum Gasteiger partial charge on any atom is -0.486 e. The maximum absolute atomic E-state index is 5.80. The molecule has 0 amide bonds. The minimum atomic E-state index is 0.583. The standard InChI is InChI=1S/C24H28N4O3/c1-2-4-21(5-3-1)28-18-20(17-25-8-9-27-10-12-29-13-11-27)24(26-28)19-6-7-22-23(16-19)31-15-14-30-22/h1-7,16,18,25H,8-15,17H2/p+2. The highest BCUT2D eigenvalue weighted by Gasteiger charge is 2.19. The summed E-state index contributed by atoms with van der Waals surface area (Å²) in [4.78, 5) is 1.63. The largest absolute Gasteiger partial charge is 0.486 e. The lowest BCUT2D eigenvalue weighted by Crippen LogP contribution is -3.16. The number of hydrogen-bond donors (Lipinski definition) is 2. The summed E-state index contributed by atoms with van der Waals surface area (Å²) in [5.41, 5.74) is 4.33. The molecule has 162 valence electrons. The molecule has 1 saturated heterocycles. The molecule has 31 heavy (non-hydrogen) atoms. The predicted octanol–water partition coefficient (Wildman–Crippen LogP) is 0.289. The maximum atomic E-state index is 5.80. The summed E-state index contributed by atoms with van der Waals surface area (Å²) < 4.78 is 18.9. The first kappa shape index (κ1) is 20.1. The Bertz CT molecular complexity index is 999. The highest BCUT2D eigenvalue weighted by Crippen LogP contribution is 2.35. The third-order valence-electron chi connectivity index (χ3n) is 5.89. The van der Waals surface area contributed by atoms with Crippen LogP contribution >= 0.6 is 0 Å². The van der Waals surface area contributed by atoms with Crippen molar-refractivity contribution in [1.29, 1.82) is 0 Å². The molecular formula is C24H30N4O3+2. The van der Waals surface area contributed by atoms with E-state index >= 15 is 0 Å². The van der Waals surface area contributed by atoms with E-state index < -0.39 is 0 Å². The maximum Gasteiger partial charge on any atom is 0.162 e. The van der Waals surface area contributed by atoms with E-state index in [2.05, 4.69) is 29.7 Å². The zero-order chi connectivity index (χ0) is 20.9. The summed E-state index contributed by atoms with van der Waals surface area (Å²) in [6, 6.07) is 16.4. The van der Waals surface area contributed by atoms with E-state index in [0.717, 1.165) is 74.4 Å². The fraction of sp³-hybridized carbons (Fsp3) is 0.375. The average Bonchev–Trinajstić information content (AvgIpc) is 3.27. The molecule has 5 rings (SSSR count). The molecule has 2 aromatic carbocycles. The lowest BCUT2D eigenvalue weighted by molar-refractivity contribution is -0.920. The third kappa shape index (κ3) is 4.74. The van der Waals surface area contributed by atoms with Crippen molar-refractivity contribution < 1.29 is 24.4 Å². The first-order valence-corrected chi connectivity index (χ1v) is 11.1. The van der Waals surface area contributed by atoms with Crippen LogP contribution < -0.4 is 19.7 Å². The van der Waals surface area contributed by atoms with Gasteiger partial charge < -0.3 is 24.4 Å². The molecule has 0 radical (unpaired) electrons. The van der Waals surface area contributed by atoms with Crippen molar-refractivity contribution in [3.05, 3.63) is 60.3 Å². The number of nitrogens with one attached hydrogen (secondary N) is 1. The van der Waals surface area contributed by atoms with Gasteiger partial charge >= 0.3 is 0 Å². The fourth-order valence-electron chi connectivity index (χ4n) is 4.18. The Morgan fingerprint density at radius 2 is 1.74 bits per heavy atom. The summed E-state index contributed by atoms with van der Waals surface area (Å²) in [5, 5.41) is 7.33. The second-order valence-corrected chi connectivity index (χ2v) is 8.04. The molecule has 0 spiro atoms. The van der Waals surface area contributed by atoms with Gasteiger partial charge in [-0.1, -0.05) is 18.2 Å². The van der Waals surface area contributed by atoms with Crippen LogP contribution in [0.2, 0.25) is 0 Å². The number of fused-ring (bicyclic) bond motifs is 1. The number of rotatable bonds is 7. The van der Waals surface area contributed by atoms with Crippen LogP contribution in [0.1, 0.15) is 5.56 Å². The number of morpholine rings is 1. The van der Waals surface area contributed by atoms with Crippen LogP contribution in [-0.2, 0) is 11.3 Å². The van der Waals surface area contributed by atoms with E-state index in [-0.39, 0.29) is 0 Å². The normalized spacial score (nSPS) is 16.4. The van der Waals surface area contributed by atoms with Gasteiger partial charge in [0.1, 0.15) is 51.6 Å². The molecule has 0 unspecified atom stereocenters. The predicted molar refractivity (Wildman–Crippen MR) is 117 cm³/mol. The molecule has 7 heteroatoms. The van der Waals surface area contributed by atoms with Crippen LogP contribution in [0.15, 0.2) is 54.7 Å². The number of para-hydroxylation sites is 1. The van der Waals surface area contributed by atoms with Gasteiger partial charge in [0.05, 0.1) is 24.5 Å². The average molecular weight is 423 g/mol. The van der Waals surface area contributed by atoms with Crippen molar-refractivity contribution in [3.63, 3.8) is 0 Å². The Morgan fingerprint density at radius 1 is 0.935 bits per heavy atom. The van der Waals surface area contributed by atoms with Gasteiger partial charge in [0, 0.05) is 11.8 Å². The van der Waals surface area contributed by atoms with Gasteiger partial charge in [-0.2, -0.15) is 5.10 Å². The van der Waals surface area contributed by atoms with Gasteiger partial charge in [0.15, 0.2) is 11.5 Å². The fourth-order valence-corrected chi connectivity index (χ4v) is 4.18. The Hall–Kier alpha value is -2.87. The van der Waals surface area contributed by atoms with Crippen molar-refractivity contribution in [1.82, 2.24) is 9.78 Å². The summed E-state index contributed by atoms with van der Waals surface area (Å²) in [7, 11) is 0. The first-order valence-electron chi connectivity index (χ1n) is 11.1. The van der Waals surface area contributed by atoms with Crippen LogP contribution in [0.25, 0.3) is 16.9 Å².